The standard InChI is InChI=1S/C22H24ClF2N3O2/c1-14(29)15-7-8-16(19(24)11-15)12-28(20-6-4-5-18(23)21(20)25)22(30)27-10-9-17(13-27)26(2)3/h4-8,11,17H,9-10,12-13H2,1-3H3/t17-/m0/s1. The molecule has 1 atom stereocenters. The zero-order valence-electron chi connectivity index (χ0n) is 17.2. The van der Waals surface area contributed by atoms with Crippen LogP contribution in [0.3, 0.4) is 0 Å². The Labute approximate surface area is 179 Å². The predicted octanol–water partition coefficient (Wildman–Crippen LogP) is 4.58. The molecule has 1 fully saturated rings. The van der Waals surface area contributed by atoms with Gasteiger partial charge in [0.05, 0.1) is 17.3 Å². The Kier molecular flexibility index (Phi) is 6.73. The maximum absolute atomic E-state index is 14.8. The molecule has 0 bridgehead atoms. The average molecular weight is 436 g/mol. The summed E-state index contributed by atoms with van der Waals surface area (Å²) in [6, 6.07) is 8.23. The molecule has 2 amide bonds. The first-order valence-electron chi connectivity index (χ1n) is 9.65. The monoisotopic (exact) mass is 435 g/mol. The first kappa shape index (κ1) is 22.2. The Morgan fingerprint density at radius 3 is 2.53 bits per heavy atom. The van der Waals surface area contributed by atoms with E-state index in [0.29, 0.717) is 13.1 Å². The van der Waals surface area contributed by atoms with E-state index in [1.807, 2.05) is 19.0 Å². The van der Waals surface area contributed by atoms with Crippen LogP contribution in [0.5, 0.6) is 0 Å². The van der Waals surface area contributed by atoms with Crippen LogP contribution in [0.1, 0.15) is 29.3 Å². The number of carbonyl (C=O) groups excluding carboxylic acids is 2. The molecular weight excluding hydrogens is 412 g/mol. The van der Waals surface area contributed by atoms with Crippen molar-refractivity contribution >= 4 is 29.1 Å². The fourth-order valence-electron chi connectivity index (χ4n) is 3.53. The second-order valence-electron chi connectivity index (χ2n) is 7.66. The molecule has 30 heavy (non-hydrogen) atoms. The van der Waals surface area contributed by atoms with Crippen molar-refractivity contribution in [2.45, 2.75) is 25.9 Å². The molecule has 3 rings (SSSR count). The zero-order valence-corrected chi connectivity index (χ0v) is 17.9. The van der Waals surface area contributed by atoms with Gasteiger partial charge >= 0.3 is 6.03 Å². The van der Waals surface area contributed by atoms with Crippen molar-refractivity contribution in [3.63, 3.8) is 0 Å². The van der Waals surface area contributed by atoms with E-state index in [0.717, 1.165) is 12.5 Å². The Morgan fingerprint density at radius 1 is 1.20 bits per heavy atom. The van der Waals surface area contributed by atoms with Crippen LogP contribution >= 0.6 is 11.6 Å². The fourth-order valence-corrected chi connectivity index (χ4v) is 3.70. The van der Waals surface area contributed by atoms with E-state index in [1.54, 1.807) is 11.0 Å². The highest BCUT2D eigenvalue weighted by atomic mass is 35.5. The summed E-state index contributed by atoms with van der Waals surface area (Å²) < 4.78 is 29.4. The molecule has 0 saturated carbocycles. The summed E-state index contributed by atoms with van der Waals surface area (Å²) in [4.78, 5) is 29.7. The number of carbonyl (C=O) groups is 2. The van der Waals surface area contributed by atoms with Crippen LogP contribution in [0.15, 0.2) is 36.4 Å². The second-order valence-corrected chi connectivity index (χ2v) is 8.06. The minimum atomic E-state index is -0.739. The number of likely N-dealkylation sites (N-methyl/N-ethyl adjacent to an activating group) is 1. The van der Waals surface area contributed by atoms with Crippen LogP contribution in [0, 0.1) is 11.6 Å². The highest BCUT2D eigenvalue weighted by molar-refractivity contribution is 6.31. The summed E-state index contributed by atoms with van der Waals surface area (Å²) in [6.45, 7) is 2.17. The molecule has 1 heterocycles. The Balaban J connectivity index is 1.95. The van der Waals surface area contributed by atoms with Crippen LogP contribution in [0.4, 0.5) is 19.3 Å². The van der Waals surface area contributed by atoms with Crippen LogP contribution in [0.25, 0.3) is 0 Å². The van der Waals surface area contributed by atoms with Gasteiger partial charge in [-0.05, 0) is 45.6 Å². The van der Waals surface area contributed by atoms with Gasteiger partial charge in [-0.3, -0.25) is 9.69 Å². The number of benzene rings is 2. The number of urea groups is 1. The summed E-state index contributed by atoms with van der Waals surface area (Å²) in [6.07, 6.45) is 0.798. The summed E-state index contributed by atoms with van der Waals surface area (Å²) in [5.41, 5.74) is 0.392. The number of nitrogens with zero attached hydrogens (tertiary/aromatic N) is 3. The largest absolute Gasteiger partial charge is 0.324 e. The SMILES string of the molecule is CC(=O)c1ccc(CN(C(=O)N2CC[C@H](N(C)C)C2)c2cccc(Cl)c2F)c(F)c1. The number of ketones is 1. The van der Waals surface area contributed by atoms with Crippen molar-refractivity contribution in [1.82, 2.24) is 9.80 Å². The topological polar surface area (TPSA) is 43.9 Å². The van der Waals surface area contributed by atoms with E-state index >= 15 is 0 Å². The number of amides is 2. The maximum Gasteiger partial charge on any atom is 0.324 e. The molecular formula is C22H24ClF2N3O2. The third kappa shape index (κ3) is 4.63. The lowest BCUT2D eigenvalue weighted by molar-refractivity contribution is 0.101. The molecule has 0 spiro atoms. The van der Waals surface area contributed by atoms with E-state index in [1.165, 1.54) is 36.1 Å². The summed E-state index contributed by atoms with van der Waals surface area (Å²) >= 11 is 5.93. The third-order valence-electron chi connectivity index (χ3n) is 5.41. The third-order valence-corrected chi connectivity index (χ3v) is 5.70. The Morgan fingerprint density at radius 2 is 1.93 bits per heavy atom. The minimum Gasteiger partial charge on any atom is -0.323 e. The molecule has 2 aromatic carbocycles. The van der Waals surface area contributed by atoms with E-state index in [2.05, 4.69) is 0 Å². The first-order valence-corrected chi connectivity index (χ1v) is 10.0. The van der Waals surface area contributed by atoms with E-state index in [9.17, 15) is 18.4 Å². The number of hydrogen-bond acceptors (Lipinski definition) is 3. The molecule has 0 unspecified atom stereocenters. The summed E-state index contributed by atoms with van der Waals surface area (Å²) in [5, 5.41) is -0.120. The van der Waals surface area contributed by atoms with Crippen LogP contribution < -0.4 is 4.90 Å². The van der Waals surface area contributed by atoms with E-state index in [4.69, 9.17) is 11.6 Å². The maximum atomic E-state index is 14.8. The molecule has 0 N–H and O–H groups in total. The Bertz CT molecular complexity index is 967. The van der Waals surface area contributed by atoms with Crippen molar-refractivity contribution in [2.24, 2.45) is 0 Å². The lowest BCUT2D eigenvalue weighted by Gasteiger charge is -2.29. The smallest absolute Gasteiger partial charge is 0.323 e. The van der Waals surface area contributed by atoms with Gasteiger partial charge in [-0.1, -0.05) is 29.8 Å². The molecule has 1 aliphatic heterocycles. The van der Waals surface area contributed by atoms with Crippen LogP contribution in [0.2, 0.25) is 5.02 Å². The number of Topliss-reactive ketones (excluding diaryl/α,β-unsaturated/α-hetero) is 1. The highest BCUT2D eigenvalue weighted by Crippen LogP contribution is 2.29. The van der Waals surface area contributed by atoms with E-state index < -0.39 is 17.7 Å². The normalized spacial score (nSPS) is 16.2. The molecule has 160 valence electrons. The molecule has 8 heteroatoms. The van der Waals surface area contributed by atoms with Gasteiger partial charge in [0, 0.05) is 30.3 Å². The fraction of sp³-hybridized carbons (Fsp3) is 0.364. The molecule has 1 aliphatic rings. The summed E-state index contributed by atoms with van der Waals surface area (Å²) in [7, 11) is 3.89. The van der Waals surface area contributed by atoms with Gasteiger partial charge in [-0.25, -0.2) is 13.6 Å². The number of rotatable bonds is 5. The van der Waals surface area contributed by atoms with Crippen LogP contribution in [-0.2, 0) is 6.54 Å². The van der Waals surface area contributed by atoms with Crippen molar-refractivity contribution in [3.8, 4) is 0 Å². The lowest BCUT2D eigenvalue weighted by atomic mass is 10.1. The number of likely N-dealkylation sites (tertiary alicyclic amines) is 1. The van der Waals surface area contributed by atoms with Gasteiger partial charge in [0.25, 0.3) is 0 Å². The number of halogens is 3. The lowest BCUT2D eigenvalue weighted by Crippen LogP contribution is -2.43. The zero-order chi connectivity index (χ0) is 22.0. The number of anilines is 1. The second kappa shape index (κ2) is 9.10. The molecule has 5 nitrogen and oxygen atoms in total. The Hall–Kier alpha value is -2.51. The molecule has 0 aromatic heterocycles. The van der Waals surface area contributed by atoms with Gasteiger partial charge in [-0.15, -0.1) is 0 Å². The highest BCUT2D eigenvalue weighted by Gasteiger charge is 2.32. The molecule has 2 aromatic rings. The van der Waals surface area contributed by atoms with Crippen LogP contribution in [-0.4, -0.2) is 54.8 Å². The van der Waals surface area contributed by atoms with Crippen molar-refractivity contribution in [2.75, 3.05) is 32.1 Å². The average Bonchev–Trinajstić information content (AvgIpc) is 3.19. The van der Waals surface area contributed by atoms with Gasteiger partial charge in [0.2, 0.25) is 0 Å². The molecule has 1 saturated heterocycles. The minimum absolute atomic E-state index is 0.0177. The van der Waals surface area contributed by atoms with Gasteiger partial charge < -0.3 is 9.80 Å². The van der Waals surface area contributed by atoms with Crippen molar-refractivity contribution in [1.29, 1.82) is 0 Å². The van der Waals surface area contributed by atoms with Gasteiger partial charge in [0.1, 0.15) is 5.82 Å². The quantitative estimate of drug-likeness (QED) is 0.645. The van der Waals surface area contributed by atoms with Gasteiger partial charge in [-0.2, -0.15) is 0 Å². The van der Waals surface area contributed by atoms with Gasteiger partial charge in [0.15, 0.2) is 11.6 Å². The van der Waals surface area contributed by atoms with Crippen molar-refractivity contribution < 1.29 is 18.4 Å². The van der Waals surface area contributed by atoms with Crippen molar-refractivity contribution in [3.05, 3.63) is 64.2 Å². The molecule has 0 radical (unpaired) electrons. The molecule has 0 aliphatic carbocycles. The first-order chi connectivity index (χ1) is 14.2. The predicted molar refractivity (Wildman–Crippen MR) is 113 cm³/mol. The summed E-state index contributed by atoms with van der Waals surface area (Å²) in [5.74, 6) is -1.63. The van der Waals surface area contributed by atoms with E-state index in [-0.39, 0.29) is 40.2 Å². The number of hydrogen-bond donors (Lipinski definition) is 0.